The van der Waals surface area contributed by atoms with Crippen molar-refractivity contribution < 1.29 is 4.39 Å². The molecule has 2 aromatic carbocycles. The molecule has 0 radical (unpaired) electrons. The molecular weight excluding hydrogens is 251 g/mol. The third-order valence-electron chi connectivity index (χ3n) is 3.60. The molecule has 0 aliphatic rings. The molecule has 0 amide bonds. The van der Waals surface area contributed by atoms with Crippen molar-refractivity contribution in [1.82, 2.24) is 10.3 Å². The molecule has 0 bridgehead atoms. The highest BCUT2D eigenvalue weighted by molar-refractivity contribution is 5.79. The van der Waals surface area contributed by atoms with Crippen LogP contribution in [0.4, 0.5) is 4.39 Å². The lowest BCUT2D eigenvalue weighted by molar-refractivity contribution is 0.571. The minimum absolute atomic E-state index is 0.190. The first-order valence-corrected chi connectivity index (χ1v) is 6.77. The van der Waals surface area contributed by atoms with Gasteiger partial charge in [0.2, 0.25) is 0 Å². The normalized spacial score (nSPS) is 12.7. The van der Waals surface area contributed by atoms with Gasteiger partial charge in [0.05, 0.1) is 0 Å². The molecule has 3 rings (SSSR count). The molecule has 1 aromatic heterocycles. The second kappa shape index (κ2) is 5.47. The summed E-state index contributed by atoms with van der Waals surface area (Å²) in [5.74, 6) is -0.196. The third-order valence-corrected chi connectivity index (χ3v) is 3.60. The van der Waals surface area contributed by atoms with E-state index in [0.29, 0.717) is 0 Å². The number of hydrogen-bond donors (Lipinski definition) is 2. The van der Waals surface area contributed by atoms with E-state index in [1.165, 1.54) is 23.1 Å². The molecule has 102 valence electrons. The van der Waals surface area contributed by atoms with Crippen molar-refractivity contribution in [2.75, 3.05) is 0 Å². The number of aromatic amines is 1. The van der Waals surface area contributed by atoms with Gasteiger partial charge in [-0.05, 0) is 47.7 Å². The van der Waals surface area contributed by atoms with Crippen molar-refractivity contribution in [3.63, 3.8) is 0 Å². The summed E-state index contributed by atoms with van der Waals surface area (Å²) in [4.78, 5) is 3.22. The summed E-state index contributed by atoms with van der Waals surface area (Å²) in [5.41, 5.74) is 3.47. The Balaban J connectivity index is 1.67. The lowest BCUT2D eigenvalue weighted by Crippen LogP contribution is -2.18. The average Bonchev–Trinajstić information content (AvgIpc) is 2.93. The van der Waals surface area contributed by atoms with Crippen LogP contribution in [0.2, 0.25) is 0 Å². The van der Waals surface area contributed by atoms with Crippen LogP contribution in [0.1, 0.15) is 24.1 Å². The molecule has 0 saturated carbocycles. The summed E-state index contributed by atoms with van der Waals surface area (Å²) in [6, 6.07) is 15.3. The smallest absolute Gasteiger partial charge is 0.123 e. The molecule has 0 saturated heterocycles. The highest BCUT2D eigenvalue weighted by Crippen LogP contribution is 2.16. The number of halogens is 1. The molecule has 2 nitrogen and oxygen atoms in total. The Morgan fingerprint density at radius 1 is 1.10 bits per heavy atom. The number of rotatable bonds is 4. The number of fused-ring (bicyclic) bond motifs is 1. The first kappa shape index (κ1) is 12.9. The largest absolute Gasteiger partial charge is 0.361 e. The summed E-state index contributed by atoms with van der Waals surface area (Å²) in [5, 5.41) is 4.68. The fourth-order valence-corrected chi connectivity index (χ4v) is 2.35. The van der Waals surface area contributed by atoms with Crippen LogP contribution in [0.25, 0.3) is 10.9 Å². The number of hydrogen-bond acceptors (Lipinski definition) is 1. The zero-order valence-corrected chi connectivity index (χ0v) is 11.4. The average molecular weight is 268 g/mol. The van der Waals surface area contributed by atoms with Crippen LogP contribution < -0.4 is 5.32 Å². The molecule has 0 aliphatic heterocycles. The molecular formula is C17H17FN2. The molecule has 0 fully saturated rings. The van der Waals surface area contributed by atoms with Crippen molar-refractivity contribution in [3.8, 4) is 0 Å². The maximum Gasteiger partial charge on any atom is 0.123 e. The van der Waals surface area contributed by atoms with Crippen LogP contribution >= 0.6 is 0 Å². The Morgan fingerprint density at radius 3 is 2.70 bits per heavy atom. The predicted octanol–water partition coefficient (Wildman–Crippen LogP) is 4.16. The quantitative estimate of drug-likeness (QED) is 0.730. The van der Waals surface area contributed by atoms with E-state index in [-0.39, 0.29) is 11.9 Å². The van der Waals surface area contributed by atoms with E-state index >= 15 is 0 Å². The number of H-pyrrole nitrogens is 1. The maximum atomic E-state index is 12.9. The Labute approximate surface area is 117 Å². The van der Waals surface area contributed by atoms with Gasteiger partial charge in [0.25, 0.3) is 0 Å². The van der Waals surface area contributed by atoms with Crippen LogP contribution in [0.5, 0.6) is 0 Å². The van der Waals surface area contributed by atoms with Crippen molar-refractivity contribution >= 4 is 10.9 Å². The minimum atomic E-state index is -0.196. The Kier molecular flexibility index (Phi) is 3.52. The molecule has 3 heteroatoms. The molecule has 1 heterocycles. The van der Waals surface area contributed by atoms with E-state index in [0.717, 1.165) is 17.6 Å². The van der Waals surface area contributed by atoms with Gasteiger partial charge in [0, 0.05) is 24.3 Å². The fourth-order valence-electron chi connectivity index (χ4n) is 2.35. The first-order chi connectivity index (χ1) is 9.72. The summed E-state index contributed by atoms with van der Waals surface area (Å²) in [7, 11) is 0. The Morgan fingerprint density at radius 2 is 1.90 bits per heavy atom. The molecule has 3 aromatic rings. The zero-order valence-electron chi connectivity index (χ0n) is 11.4. The SMILES string of the molecule is C[C@@H](NCc1ccc2cc[nH]c2c1)c1ccc(F)cc1. The lowest BCUT2D eigenvalue weighted by atomic mass is 10.1. The maximum absolute atomic E-state index is 12.9. The highest BCUT2D eigenvalue weighted by atomic mass is 19.1. The van der Waals surface area contributed by atoms with Gasteiger partial charge in [-0.1, -0.05) is 24.3 Å². The Bertz CT molecular complexity index is 700. The van der Waals surface area contributed by atoms with Crippen molar-refractivity contribution in [1.29, 1.82) is 0 Å². The van der Waals surface area contributed by atoms with E-state index in [2.05, 4.69) is 41.5 Å². The second-order valence-electron chi connectivity index (χ2n) is 5.05. The molecule has 0 spiro atoms. The zero-order chi connectivity index (χ0) is 13.9. The van der Waals surface area contributed by atoms with Gasteiger partial charge < -0.3 is 10.3 Å². The van der Waals surface area contributed by atoms with Crippen LogP contribution in [0, 0.1) is 5.82 Å². The van der Waals surface area contributed by atoms with Crippen LogP contribution in [0.3, 0.4) is 0 Å². The standard InChI is InChI=1S/C17H17FN2/c1-12(14-4-6-16(18)7-5-14)20-11-13-2-3-15-8-9-19-17(15)10-13/h2-10,12,19-20H,11H2,1H3/t12-/m1/s1. The van der Waals surface area contributed by atoms with Crippen LogP contribution in [-0.2, 0) is 6.54 Å². The van der Waals surface area contributed by atoms with Gasteiger partial charge in [-0.25, -0.2) is 4.39 Å². The number of benzene rings is 2. The van der Waals surface area contributed by atoms with Crippen LogP contribution in [0.15, 0.2) is 54.7 Å². The van der Waals surface area contributed by atoms with Gasteiger partial charge in [-0.3, -0.25) is 0 Å². The highest BCUT2D eigenvalue weighted by Gasteiger charge is 2.05. The molecule has 0 aliphatic carbocycles. The molecule has 0 unspecified atom stereocenters. The number of nitrogens with one attached hydrogen (secondary N) is 2. The van der Waals surface area contributed by atoms with Crippen LogP contribution in [-0.4, -0.2) is 4.98 Å². The number of aromatic nitrogens is 1. The van der Waals surface area contributed by atoms with E-state index in [4.69, 9.17) is 0 Å². The topological polar surface area (TPSA) is 27.8 Å². The molecule has 20 heavy (non-hydrogen) atoms. The Hall–Kier alpha value is -2.13. The summed E-state index contributed by atoms with van der Waals surface area (Å²) in [6.07, 6.45) is 1.95. The predicted molar refractivity (Wildman–Crippen MR) is 80.0 cm³/mol. The summed E-state index contributed by atoms with van der Waals surface area (Å²) < 4.78 is 12.9. The fraction of sp³-hybridized carbons (Fsp3) is 0.176. The summed E-state index contributed by atoms with van der Waals surface area (Å²) in [6.45, 7) is 2.87. The van der Waals surface area contributed by atoms with Crippen molar-refractivity contribution in [3.05, 3.63) is 71.7 Å². The van der Waals surface area contributed by atoms with Gasteiger partial charge in [-0.15, -0.1) is 0 Å². The van der Waals surface area contributed by atoms with E-state index in [1.54, 1.807) is 0 Å². The van der Waals surface area contributed by atoms with E-state index in [9.17, 15) is 4.39 Å². The van der Waals surface area contributed by atoms with Crippen molar-refractivity contribution in [2.45, 2.75) is 19.5 Å². The van der Waals surface area contributed by atoms with E-state index in [1.807, 2.05) is 18.3 Å². The van der Waals surface area contributed by atoms with Gasteiger partial charge >= 0.3 is 0 Å². The van der Waals surface area contributed by atoms with Gasteiger partial charge in [-0.2, -0.15) is 0 Å². The van der Waals surface area contributed by atoms with Gasteiger partial charge in [0.15, 0.2) is 0 Å². The van der Waals surface area contributed by atoms with E-state index < -0.39 is 0 Å². The monoisotopic (exact) mass is 268 g/mol. The lowest BCUT2D eigenvalue weighted by Gasteiger charge is -2.14. The van der Waals surface area contributed by atoms with Gasteiger partial charge in [0.1, 0.15) is 5.82 Å². The third kappa shape index (κ3) is 2.73. The second-order valence-corrected chi connectivity index (χ2v) is 5.05. The summed E-state index contributed by atoms with van der Waals surface area (Å²) >= 11 is 0. The van der Waals surface area contributed by atoms with Crippen molar-refractivity contribution in [2.24, 2.45) is 0 Å². The minimum Gasteiger partial charge on any atom is -0.361 e. The first-order valence-electron chi connectivity index (χ1n) is 6.77. The molecule has 2 N–H and O–H groups in total. The molecule has 1 atom stereocenters.